The Labute approximate surface area is 115 Å². The van der Waals surface area contributed by atoms with Crippen LogP contribution in [0, 0.1) is 0 Å². The summed E-state index contributed by atoms with van der Waals surface area (Å²) in [5.41, 5.74) is 0. The van der Waals surface area contributed by atoms with E-state index in [2.05, 4.69) is 4.90 Å². The minimum atomic E-state index is 0.232. The number of rotatable bonds is 4. The van der Waals surface area contributed by atoms with Gasteiger partial charge in [-0.2, -0.15) is 0 Å². The van der Waals surface area contributed by atoms with Gasteiger partial charge in [0.15, 0.2) is 17.7 Å². The lowest BCUT2D eigenvalue weighted by Gasteiger charge is -2.44. The predicted molar refractivity (Wildman–Crippen MR) is 75.6 cm³/mol. The topological polar surface area (TPSA) is 21.7 Å². The normalized spacial score (nSPS) is 24.8. The molecule has 0 spiro atoms. The van der Waals surface area contributed by atoms with E-state index in [9.17, 15) is 0 Å². The summed E-state index contributed by atoms with van der Waals surface area (Å²) in [5.74, 6) is 1.71. The molecule has 1 aliphatic carbocycles. The van der Waals surface area contributed by atoms with Crippen molar-refractivity contribution in [2.24, 2.45) is 0 Å². The number of piperidine rings is 1. The van der Waals surface area contributed by atoms with E-state index in [1.807, 2.05) is 24.3 Å². The Morgan fingerprint density at radius 2 is 1.79 bits per heavy atom. The first kappa shape index (κ1) is 12.8. The SMILES string of the molecule is COc1ccccc1OC1CCCCN1C1CCC1. The molecule has 1 saturated carbocycles. The van der Waals surface area contributed by atoms with Crippen LogP contribution in [-0.2, 0) is 0 Å². The molecule has 3 heteroatoms. The average Bonchev–Trinajstić information content (AvgIpc) is 2.40. The largest absolute Gasteiger partial charge is 0.493 e. The fraction of sp³-hybridized carbons (Fsp3) is 0.625. The van der Waals surface area contributed by atoms with Crippen LogP contribution >= 0.6 is 0 Å². The van der Waals surface area contributed by atoms with Gasteiger partial charge in [-0.25, -0.2) is 0 Å². The molecule has 104 valence electrons. The maximum absolute atomic E-state index is 6.25. The molecule has 1 heterocycles. The lowest BCUT2D eigenvalue weighted by molar-refractivity contribution is -0.0532. The third kappa shape index (κ3) is 2.71. The van der Waals surface area contributed by atoms with Gasteiger partial charge in [0.2, 0.25) is 0 Å². The van der Waals surface area contributed by atoms with Crippen molar-refractivity contribution in [3.8, 4) is 11.5 Å². The van der Waals surface area contributed by atoms with Gasteiger partial charge in [-0.15, -0.1) is 0 Å². The van der Waals surface area contributed by atoms with Crippen molar-refractivity contribution in [1.29, 1.82) is 0 Å². The summed E-state index contributed by atoms with van der Waals surface area (Å²) in [7, 11) is 1.70. The van der Waals surface area contributed by atoms with Gasteiger partial charge in [0, 0.05) is 12.6 Å². The Bertz CT molecular complexity index is 417. The van der Waals surface area contributed by atoms with Crippen LogP contribution in [0.5, 0.6) is 11.5 Å². The number of nitrogens with zero attached hydrogens (tertiary/aromatic N) is 1. The Hall–Kier alpha value is -1.22. The fourth-order valence-electron chi connectivity index (χ4n) is 3.05. The van der Waals surface area contributed by atoms with Crippen LogP contribution in [0.1, 0.15) is 38.5 Å². The summed E-state index contributed by atoms with van der Waals surface area (Å²) in [4.78, 5) is 2.57. The molecule has 0 bridgehead atoms. The summed E-state index contributed by atoms with van der Waals surface area (Å²) in [6, 6.07) is 8.71. The smallest absolute Gasteiger partial charge is 0.163 e. The van der Waals surface area contributed by atoms with Gasteiger partial charge in [-0.05, 0) is 44.2 Å². The molecule has 1 atom stereocenters. The lowest BCUT2D eigenvalue weighted by Crippen LogP contribution is -2.51. The Morgan fingerprint density at radius 3 is 2.47 bits per heavy atom. The van der Waals surface area contributed by atoms with Crippen LogP contribution in [0.2, 0.25) is 0 Å². The molecular weight excluding hydrogens is 238 g/mol. The highest BCUT2D eigenvalue weighted by Gasteiger charge is 2.33. The maximum Gasteiger partial charge on any atom is 0.163 e. The van der Waals surface area contributed by atoms with E-state index in [-0.39, 0.29) is 6.23 Å². The van der Waals surface area contributed by atoms with Crippen molar-refractivity contribution in [3.63, 3.8) is 0 Å². The average molecular weight is 261 g/mol. The summed E-state index contributed by atoms with van der Waals surface area (Å²) >= 11 is 0. The van der Waals surface area contributed by atoms with Crippen LogP contribution in [0.15, 0.2) is 24.3 Å². The molecule has 2 aliphatic rings. The van der Waals surface area contributed by atoms with Gasteiger partial charge in [0.05, 0.1) is 7.11 Å². The van der Waals surface area contributed by atoms with E-state index in [4.69, 9.17) is 9.47 Å². The van der Waals surface area contributed by atoms with Crippen molar-refractivity contribution in [3.05, 3.63) is 24.3 Å². The summed E-state index contributed by atoms with van der Waals surface area (Å²) in [6.45, 7) is 1.19. The van der Waals surface area contributed by atoms with E-state index < -0.39 is 0 Å². The Morgan fingerprint density at radius 1 is 1.00 bits per heavy atom. The molecule has 1 aromatic rings. The minimum Gasteiger partial charge on any atom is -0.493 e. The first-order valence-corrected chi connectivity index (χ1v) is 7.44. The standard InChI is InChI=1S/C16H23NO2/c1-18-14-9-2-3-10-15(14)19-16-11-4-5-12-17(16)13-7-6-8-13/h2-3,9-10,13,16H,4-8,11-12H2,1H3. The van der Waals surface area contributed by atoms with E-state index >= 15 is 0 Å². The molecule has 1 aromatic carbocycles. The zero-order chi connectivity index (χ0) is 13.1. The van der Waals surface area contributed by atoms with Gasteiger partial charge < -0.3 is 9.47 Å². The maximum atomic E-state index is 6.25. The molecule has 0 N–H and O–H groups in total. The van der Waals surface area contributed by atoms with E-state index in [1.54, 1.807) is 7.11 Å². The van der Waals surface area contributed by atoms with Crippen LogP contribution in [0.4, 0.5) is 0 Å². The molecule has 1 aliphatic heterocycles. The van der Waals surface area contributed by atoms with Crippen LogP contribution in [-0.4, -0.2) is 30.8 Å². The van der Waals surface area contributed by atoms with E-state index in [1.165, 1.54) is 38.6 Å². The summed E-state index contributed by atoms with van der Waals surface area (Å²) < 4.78 is 11.6. The molecule has 0 aromatic heterocycles. The van der Waals surface area contributed by atoms with Crippen molar-refractivity contribution in [2.75, 3.05) is 13.7 Å². The highest BCUT2D eigenvalue weighted by Crippen LogP contribution is 2.34. The van der Waals surface area contributed by atoms with E-state index in [0.29, 0.717) is 0 Å². The van der Waals surface area contributed by atoms with Crippen LogP contribution < -0.4 is 9.47 Å². The first-order valence-electron chi connectivity index (χ1n) is 7.44. The number of hydrogen-bond acceptors (Lipinski definition) is 3. The second kappa shape index (κ2) is 5.83. The van der Waals surface area contributed by atoms with Crippen LogP contribution in [0.3, 0.4) is 0 Å². The number of methoxy groups -OCH3 is 1. The highest BCUT2D eigenvalue weighted by atomic mass is 16.5. The molecule has 3 nitrogen and oxygen atoms in total. The summed E-state index contributed by atoms with van der Waals surface area (Å²) in [6.07, 6.45) is 8.00. The molecule has 19 heavy (non-hydrogen) atoms. The van der Waals surface area contributed by atoms with Crippen molar-refractivity contribution in [2.45, 2.75) is 50.8 Å². The monoisotopic (exact) mass is 261 g/mol. The van der Waals surface area contributed by atoms with Gasteiger partial charge in [-0.3, -0.25) is 4.90 Å². The molecular formula is C16H23NO2. The predicted octanol–water partition coefficient (Wildman–Crippen LogP) is 3.44. The zero-order valence-corrected chi connectivity index (χ0v) is 11.7. The molecule has 1 unspecified atom stereocenters. The van der Waals surface area contributed by atoms with Gasteiger partial charge in [0.1, 0.15) is 0 Å². The molecule has 1 saturated heterocycles. The minimum absolute atomic E-state index is 0.232. The molecule has 2 fully saturated rings. The van der Waals surface area contributed by atoms with Crippen LogP contribution in [0.25, 0.3) is 0 Å². The second-order valence-corrected chi connectivity index (χ2v) is 5.54. The Kier molecular flexibility index (Phi) is 3.92. The highest BCUT2D eigenvalue weighted by molar-refractivity contribution is 5.39. The number of hydrogen-bond donors (Lipinski definition) is 0. The molecule has 0 amide bonds. The lowest BCUT2D eigenvalue weighted by atomic mass is 9.89. The number of benzene rings is 1. The number of likely N-dealkylation sites (tertiary alicyclic amines) is 1. The number of ether oxygens (including phenoxy) is 2. The third-order valence-electron chi connectivity index (χ3n) is 4.36. The fourth-order valence-corrected chi connectivity index (χ4v) is 3.05. The van der Waals surface area contributed by atoms with Crippen molar-refractivity contribution < 1.29 is 9.47 Å². The zero-order valence-electron chi connectivity index (χ0n) is 11.7. The molecule has 3 rings (SSSR count). The number of para-hydroxylation sites is 2. The molecule has 0 radical (unpaired) electrons. The van der Waals surface area contributed by atoms with Gasteiger partial charge in [0.25, 0.3) is 0 Å². The van der Waals surface area contributed by atoms with Crippen molar-refractivity contribution >= 4 is 0 Å². The Balaban J connectivity index is 1.72. The first-order chi connectivity index (χ1) is 9.38. The third-order valence-corrected chi connectivity index (χ3v) is 4.36. The van der Waals surface area contributed by atoms with Gasteiger partial charge >= 0.3 is 0 Å². The second-order valence-electron chi connectivity index (χ2n) is 5.54. The van der Waals surface area contributed by atoms with Gasteiger partial charge in [-0.1, -0.05) is 18.6 Å². The van der Waals surface area contributed by atoms with E-state index in [0.717, 1.165) is 24.0 Å². The summed E-state index contributed by atoms with van der Waals surface area (Å²) in [5, 5.41) is 0. The quantitative estimate of drug-likeness (QED) is 0.828. The van der Waals surface area contributed by atoms with Crippen molar-refractivity contribution in [1.82, 2.24) is 4.90 Å².